The summed E-state index contributed by atoms with van der Waals surface area (Å²) in [6.45, 7) is 0.748. The Bertz CT molecular complexity index is 707. The van der Waals surface area contributed by atoms with Crippen molar-refractivity contribution in [3.63, 3.8) is 0 Å². The summed E-state index contributed by atoms with van der Waals surface area (Å²) in [7, 11) is 0. The summed E-state index contributed by atoms with van der Waals surface area (Å²) in [6, 6.07) is 18.6. The first-order valence-corrected chi connectivity index (χ1v) is 8.05. The Morgan fingerprint density at radius 1 is 1.05 bits per heavy atom. The number of rotatable bonds is 5. The molecule has 3 aromatic rings. The number of thioether (sulfide) groups is 1. The van der Waals surface area contributed by atoms with E-state index < -0.39 is 0 Å². The molecule has 0 atom stereocenters. The maximum absolute atomic E-state index is 4.18. The average Bonchev–Trinajstić information content (AvgIpc) is 3.02. The molecule has 2 N–H and O–H groups in total. The number of benzene rings is 2. The highest BCUT2D eigenvalue weighted by Crippen LogP contribution is 2.26. The van der Waals surface area contributed by atoms with Crippen molar-refractivity contribution >= 4 is 17.4 Å². The van der Waals surface area contributed by atoms with Crippen molar-refractivity contribution < 1.29 is 0 Å². The lowest BCUT2D eigenvalue weighted by Crippen LogP contribution is -2.01. The second-order valence-electron chi connectivity index (χ2n) is 4.69. The van der Waals surface area contributed by atoms with Crippen molar-refractivity contribution in [3.8, 4) is 11.3 Å². The summed E-state index contributed by atoms with van der Waals surface area (Å²) in [4.78, 5) is 1.25. The Morgan fingerprint density at radius 2 is 1.81 bits per heavy atom. The third-order valence-corrected chi connectivity index (χ3v) is 4.15. The lowest BCUT2D eigenvalue weighted by Gasteiger charge is -2.10. The molecule has 0 unspecified atom stereocenters. The van der Waals surface area contributed by atoms with Gasteiger partial charge in [0, 0.05) is 22.7 Å². The van der Waals surface area contributed by atoms with Gasteiger partial charge >= 0.3 is 0 Å². The molecule has 106 valence electrons. The zero-order valence-corrected chi connectivity index (χ0v) is 12.7. The van der Waals surface area contributed by atoms with Crippen LogP contribution >= 0.6 is 11.8 Å². The number of aromatic nitrogens is 2. The highest BCUT2D eigenvalue weighted by atomic mass is 32.2. The summed E-state index contributed by atoms with van der Waals surface area (Å²) in [5.74, 6) is 0. The number of aromatic amines is 1. The molecule has 0 spiro atoms. The first kappa shape index (κ1) is 13.8. The van der Waals surface area contributed by atoms with Crippen LogP contribution < -0.4 is 5.32 Å². The van der Waals surface area contributed by atoms with Crippen LogP contribution in [0.3, 0.4) is 0 Å². The molecule has 4 heteroatoms. The van der Waals surface area contributed by atoms with Gasteiger partial charge in [0.2, 0.25) is 0 Å². The number of anilines is 1. The van der Waals surface area contributed by atoms with E-state index in [0.29, 0.717) is 0 Å². The van der Waals surface area contributed by atoms with Gasteiger partial charge in [-0.15, -0.1) is 11.8 Å². The number of hydrogen-bond donors (Lipinski definition) is 2. The highest BCUT2D eigenvalue weighted by molar-refractivity contribution is 7.98. The van der Waals surface area contributed by atoms with E-state index in [1.54, 1.807) is 11.8 Å². The molecule has 0 radical (unpaired) electrons. The minimum Gasteiger partial charge on any atom is -0.380 e. The van der Waals surface area contributed by atoms with Gasteiger partial charge in [-0.05, 0) is 24.0 Å². The fourth-order valence-corrected chi connectivity index (χ4v) is 2.86. The molecule has 0 bridgehead atoms. The monoisotopic (exact) mass is 295 g/mol. The van der Waals surface area contributed by atoms with Gasteiger partial charge in [-0.3, -0.25) is 5.10 Å². The van der Waals surface area contributed by atoms with E-state index in [-0.39, 0.29) is 0 Å². The molecule has 21 heavy (non-hydrogen) atoms. The Morgan fingerprint density at radius 3 is 2.62 bits per heavy atom. The van der Waals surface area contributed by atoms with Crippen LogP contribution in [0.25, 0.3) is 11.3 Å². The van der Waals surface area contributed by atoms with Crippen molar-refractivity contribution in [1.29, 1.82) is 0 Å². The second kappa shape index (κ2) is 6.50. The molecule has 1 heterocycles. The summed E-state index contributed by atoms with van der Waals surface area (Å²) >= 11 is 1.75. The molecule has 3 rings (SSSR count). The van der Waals surface area contributed by atoms with Crippen LogP contribution in [0.2, 0.25) is 0 Å². The van der Waals surface area contributed by atoms with E-state index in [9.17, 15) is 0 Å². The van der Waals surface area contributed by atoms with Crippen LogP contribution in [0.5, 0.6) is 0 Å². The van der Waals surface area contributed by atoms with Crippen molar-refractivity contribution in [2.24, 2.45) is 0 Å². The lowest BCUT2D eigenvalue weighted by atomic mass is 10.1. The van der Waals surface area contributed by atoms with Crippen LogP contribution in [0.4, 0.5) is 5.69 Å². The van der Waals surface area contributed by atoms with Gasteiger partial charge in [-0.1, -0.05) is 42.5 Å². The largest absolute Gasteiger partial charge is 0.380 e. The molecule has 0 amide bonds. The fourth-order valence-electron chi connectivity index (χ4n) is 2.28. The van der Waals surface area contributed by atoms with E-state index in [1.807, 2.05) is 24.4 Å². The maximum Gasteiger partial charge on any atom is 0.0700 e. The second-order valence-corrected chi connectivity index (χ2v) is 5.54. The third-order valence-electron chi connectivity index (χ3n) is 3.36. The summed E-state index contributed by atoms with van der Waals surface area (Å²) in [5, 5.41) is 10.8. The number of H-pyrrole nitrogens is 1. The number of para-hydroxylation sites is 1. The van der Waals surface area contributed by atoms with Gasteiger partial charge in [0.1, 0.15) is 0 Å². The summed E-state index contributed by atoms with van der Waals surface area (Å²) in [6.07, 6.45) is 3.98. The van der Waals surface area contributed by atoms with E-state index >= 15 is 0 Å². The van der Waals surface area contributed by atoms with Crippen molar-refractivity contribution in [2.75, 3.05) is 11.6 Å². The fraction of sp³-hybridized carbons (Fsp3) is 0.118. The Kier molecular flexibility index (Phi) is 4.26. The zero-order valence-electron chi connectivity index (χ0n) is 11.8. The van der Waals surface area contributed by atoms with Gasteiger partial charge in [-0.2, -0.15) is 5.10 Å². The topological polar surface area (TPSA) is 40.7 Å². The molecule has 2 aromatic carbocycles. The maximum atomic E-state index is 4.18. The molecule has 0 saturated heterocycles. The highest BCUT2D eigenvalue weighted by Gasteiger charge is 2.08. The predicted octanol–water partition coefficient (Wildman–Crippen LogP) is 4.41. The Hall–Kier alpha value is -2.20. The van der Waals surface area contributed by atoms with Crippen molar-refractivity contribution in [1.82, 2.24) is 10.2 Å². The molecular weight excluding hydrogens is 278 g/mol. The first-order valence-electron chi connectivity index (χ1n) is 6.83. The standard InChI is InChI=1S/C17H17N3S/c1-21-16-10-6-5-9-15(16)18-11-14-12-19-20-17(14)13-7-3-2-4-8-13/h2-10,12,18H,11H2,1H3,(H,19,20). The van der Waals surface area contributed by atoms with E-state index in [4.69, 9.17) is 0 Å². The number of nitrogens with one attached hydrogen (secondary N) is 2. The SMILES string of the molecule is CSc1ccccc1NCc1cn[nH]c1-c1ccccc1. The normalized spacial score (nSPS) is 10.5. The van der Waals surface area contributed by atoms with Gasteiger partial charge < -0.3 is 5.32 Å². The molecule has 0 aliphatic heterocycles. The molecule has 3 nitrogen and oxygen atoms in total. The first-order chi connectivity index (χ1) is 10.4. The molecule has 0 saturated carbocycles. The van der Waals surface area contributed by atoms with E-state index in [2.05, 4.69) is 58.2 Å². The van der Waals surface area contributed by atoms with Crippen molar-refractivity contribution in [3.05, 3.63) is 66.4 Å². The van der Waals surface area contributed by atoms with Gasteiger partial charge in [0.25, 0.3) is 0 Å². The van der Waals surface area contributed by atoms with Crippen LogP contribution in [-0.2, 0) is 6.54 Å². The lowest BCUT2D eigenvalue weighted by molar-refractivity contribution is 1.10. The molecule has 0 aliphatic rings. The van der Waals surface area contributed by atoms with Crippen LogP contribution in [0.1, 0.15) is 5.56 Å². The number of hydrogen-bond acceptors (Lipinski definition) is 3. The van der Waals surface area contributed by atoms with E-state index in [0.717, 1.165) is 29.1 Å². The zero-order chi connectivity index (χ0) is 14.5. The molecule has 0 fully saturated rings. The smallest absolute Gasteiger partial charge is 0.0700 e. The Labute approximate surface area is 128 Å². The Balaban J connectivity index is 1.79. The van der Waals surface area contributed by atoms with Crippen LogP contribution in [-0.4, -0.2) is 16.5 Å². The van der Waals surface area contributed by atoms with Gasteiger partial charge in [0.15, 0.2) is 0 Å². The minimum absolute atomic E-state index is 0.748. The van der Waals surface area contributed by atoms with Crippen molar-refractivity contribution in [2.45, 2.75) is 11.4 Å². The van der Waals surface area contributed by atoms with Crippen LogP contribution in [0.15, 0.2) is 65.7 Å². The minimum atomic E-state index is 0.748. The summed E-state index contributed by atoms with van der Waals surface area (Å²) < 4.78 is 0. The predicted molar refractivity (Wildman–Crippen MR) is 89.6 cm³/mol. The van der Waals surface area contributed by atoms with Gasteiger partial charge in [0.05, 0.1) is 11.9 Å². The summed E-state index contributed by atoms with van der Waals surface area (Å²) in [5.41, 5.74) is 4.55. The third kappa shape index (κ3) is 3.11. The molecule has 0 aliphatic carbocycles. The molecule has 1 aromatic heterocycles. The van der Waals surface area contributed by atoms with E-state index in [1.165, 1.54) is 4.90 Å². The van der Waals surface area contributed by atoms with Gasteiger partial charge in [-0.25, -0.2) is 0 Å². The number of nitrogens with zero attached hydrogens (tertiary/aromatic N) is 1. The molecular formula is C17H17N3S. The average molecular weight is 295 g/mol. The quantitative estimate of drug-likeness (QED) is 0.685. The van der Waals surface area contributed by atoms with Crippen LogP contribution in [0, 0.1) is 0 Å².